The average Bonchev–Trinajstić information content (AvgIpc) is 2.18. The van der Waals surface area contributed by atoms with E-state index in [9.17, 15) is 0 Å². The molecule has 0 aliphatic heterocycles. The van der Waals surface area contributed by atoms with E-state index in [1.807, 2.05) is 31.2 Å². The summed E-state index contributed by atoms with van der Waals surface area (Å²) < 4.78 is 0. The van der Waals surface area contributed by atoms with Crippen molar-refractivity contribution in [2.75, 3.05) is 5.88 Å². The van der Waals surface area contributed by atoms with E-state index in [1.54, 1.807) is 6.07 Å². The molecule has 1 aromatic carbocycles. The van der Waals surface area contributed by atoms with Crippen molar-refractivity contribution >= 4 is 17.7 Å². The van der Waals surface area contributed by atoms with E-state index in [0.29, 0.717) is 11.4 Å². The van der Waals surface area contributed by atoms with Crippen LogP contribution in [0.25, 0.3) is 6.08 Å². The first-order valence-electron chi connectivity index (χ1n) is 4.00. The Labute approximate surface area is 83.3 Å². The van der Waals surface area contributed by atoms with Crippen LogP contribution in [-0.2, 0) is 0 Å². The second-order valence-electron chi connectivity index (χ2n) is 2.82. The maximum atomic E-state index is 8.79. The molecule has 0 aliphatic rings. The van der Waals surface area contributed by atoms with Gasteiger partial charge in [-0.1, -0.05) is 29.8 Å². The number of alkyl halides is 1. The van der Waals surface area contributed by atoms with Gasteiger partial charge in [0, 0.05) is 5.88 Å². The van der Waals surface area contributed by atoms with Gasteiger partial charge in [-0.15, -0.1) is 11.6 Å². The Bertz CT molecular complexity index is 361. The lowest BCUT2D eigenvalue weighted by Crippen LogP contribution is -1.83. The predicted molar refractivity (Wildman–Crippen MR) is 55.5 cm³/mol. The van der Waals surface area contributed by atoms with Crippen LogP contribution >= 0.6 is 11.6 Å². The quantitative estimate of drug-likeness (QED) is 0.659. The Morgan fingerprint density at radius 2 is 2.23 bits per heavy atom. The zero-order chi connectivity index (χ0) is 9.68. The lowest BCUT2D eigenvalue weighted by atomic mass is 10.1. The maximum absolute atomic E-state index is 8.79. The topological polar surface area (TPSA) is 23.8 Å². The van der Waals surface area contributed by atoms with Gasteiger partial charge in [-0.2, -0.15) is 5.26 Å². The van der Waals surface area contributed by atoms with E-state index in [4.69, 9.17) is 16.9 Å². The summed E-state index contributed by atoms with van der Waals surface area (Å²) in [6.45, 7) is 1.95. The number of hydrogen-bond donors (Lipinski definition) is 0. The van der Waals surface area contributed by atoms with Crippen molar-refractivity contribution in [2.45, 2.75) is 6.92 Å². The minimum Gasteiger partial charge on any atom is -0.192 e. The van der Waals surface area contributed by atoms with Crippen LogP contribution in [-0.4, -0.2) is 5.88 Å². The van der Waals surface area contributed by atoms with Gasteiger partial charge in [-0.3, -0.25) is 0 Å². The van der Waals surface area contributed by atoms with Crippen LogP contribution in [0.4, 0.5) is 0 Å². The smallest absolute Gasteiger partial charge is 0.0997 e. The van der Waals surface area contributed by atoms with Crippen molar-refractivity contribution in [1.82, 2.24) is 0 Å². The number of halogens is 1. The van der Waals surface area contributed by atoms with Crippen molar-refractivity contribution in [3.8, 4) is 6.07 Å². The number of allylic oxidation sites excluding steroid dienone is 1. The Hall–Kier alpha value is -1.26. The summed E-state index contributed by atoms with van der Waals surface area (Å²) >= 11 is 5.65. The molecule has 0 saturated carbocycles. The van der Waals surface area contributed by atoms with Crippen LogP contribution < -0.4 is 0 Å². The summed E-state index contributed by atoms with van der Waals surface area (Å²) in [6.07, 6.45) is 1.94. The predicted octanol–water partition coefficient (Wildman–Crippen LogP) is 3.20. The molecule has 0 radical (unpaired) electrons. The van der Waals surface area contributed by atoms with Crippen LogP contribution in [0.1, 0.15) is 18.1 Å². The fourth-order valence-electron chi connectivity index (χ4n) is 1.03. The molecule has 2 heteroatoms. The molecule has 1 rings (SSSR count). The van der Waals surface area contributed by atoms with E-state index in [1.165, 1.54) is 0 Å². The summed E-state index contributed by atoms with van der Waals surface area (Å²) in [7, 11) is 0. The van der Waals surface area contributed by atoms with Gasteiger partial charge in [-0.05, 0) is 18.6 Å². The van der Waals surface area contributed by atoms with Crippen LogP contribution in [0.2, 0.25) is 0 Å². The van der Waals surface area contributed by atoms with E-state index in [2.05, 4.69) is 6.07 Å². The van der Waals surface area contributed by atoms with Gasteiger partial charge in [0.25, 0.3) is 0 Å². The molecular formula is C11H10ClN. The monoisotopic (exact) mass is 191 g/mol. The van der Waals surface area contributed by atoms with Gasteiger partial charge < -0.3 is 0 Å². The van der Waals surface area contributed by atoms with E-state index in [-0.39, 0.29) is 0 Å². The zero-order valence-corrected chi connectivity index (χ0v) is 8.17. The second-order valence-corrected chi connectivity index (χ2v) is 3.09. The molecular weight excluding hydrogens is 182 g/mol. The second kappa shape index (κ2) is 4.69. The molecule has 66 valence electrons. The van der Waals surface area contributed by atoms with Crippen molar-refractivity contribution in [3.63, 3.8) is 0 Å². The molecule has 0 aliphatic carbocycles. The highest BCUT2D eigenvalue weighted by molar-refractivity contribution is 6.19. The molecule has 0 atom stereocenters. The first-order valence-corrected chi connectivity index (χ1v) is 4.53. The highest BCUT2D eigenvalue weighted by Crippen LogP contribution is 2.12. The highest BCUT2D eigenvalue weighted by atomic mass is 35.5. The molecule has 0 amide bonds. The van der Waals surface area contributed by atoms with Crippen LogP contribution in [0.3, 0.4) is 0 Å². The first-order chi connectivity index (χ1) is 6.27. The molecule has 0 spiro atoms. The van der Waals surface area contributed by atoms with Crippen molar-refractivity contribution in [1.29, 1.82) is 5.26 Å². The third-order valence-corrected chi connectivity index (χ3v) is 2.12. The summed E-state index contributed by atoms with van der Waals surface area (Å²) in [5.41, 5.74) is 2.68. The summed E-state index contributed by atoms with van der Waals surface area (Å²) in [5, 5.41) is 8.79. The number of nitrogens with zero attached hydrogens (tertiary/aromatic N) is 1. The van der Waals surface area contributed by atoms with Crippen LogP contribution in [0, 0.1) is 11.3 Å². The minimum absolute atomic E-state index is 0.500. The number of rotatable bonds is 2. The Morgan fingerprint density at radius 1 is 1.54 bits per heavy atom. The molecule has 1 aromatic rings. The highest BCUT2D eigenvalue weighted by Gasteiger charge is 1.96. The van der Waals surface area contributed by atoms with Crippen molar-refractivity contribution in [3.05, 3.63) is 41.0 Å². The lowest BCUT2D eigenvalue weighted by Gasteiger charge is -1.98. The zero-order valence-electron chi connectivity index (χ0n) is 7.42. The molecule has 0 N–H and O–H groups in total. The first kappa shape index (κ1) is 9.83. The van der Waals surface area contributed by atoms with Gasteiger partial charge in [0.05, 0.1) is 11.6 Å². The molecule has 0 saturated heterocycles. The van der Waals surface area contributed by atoms with E-state index >= 15 is 0 Å². The van der Waals surface area contributed by atoms with E-state index < -0.39 is 0 Å². The Kier molecular flexibility index (Phi) is 3.54. The van der Waals surface area contributed by atoms with Crippen molar-refractivity contribution in [2.24, 2.45) is 0 Å². The Balaban J connectivity index is 3.09. The van der Waals surface area contributed by atoms with Crippen molar-refractivity contribution < 1.29 is 0 Å². The average molecular weight is 192 g/mol. The molecule has 0 fully saturated rings. The molecule has 0 heterocycles. The molecule has 13 heavy (non-hydrogen) atoms. The third-order valence-electron chi connectivity index (χ3n) is 1.69. The Morgan fingerprint density at radius 3 is 2.85 bits per heavy atom. The SMILES string of the molecule is C/C(=C/c1ccccc1C#N)CCl. The van der Waals surface area contributed by atoms with Gasteiger partial charge in [0.15, 0.2) is 0 Å². The fraction of sp³-hybridized carbons (Fsp3) is 0.182. The van der Waals surface area contributed by atoms with Crippen LogP contribution in [0.5, 0.6) is 0 Å². The number of benzene rings is 1. The van der Waals surface area contributed by atoms with Gasteiger partial charge >= 0.3 is 0 Å². The lowest BCUT2D eigenvalue weighted by molar-refractivity contribution is 1.41. The molecule has 1 nitrogen and oxygen atoms in total. The van der Waals surface area contributed by atoms with Gasteiger partial charge in [-0.25, -0.2) is 0 Å². The maximum Gasteiger partial charge on any atom is 0.0997 e. The van der Waals surface area contributed by atoms with Crippen LogP contribution in [0.15, 0.2) is 29.8 Å². The molecule has 0 aromatic heterocycles. The summed E-state index contributed by atoms with van der Waals surface area (Å²) in [4.78, 5) is 0. The summed E-state index contributed by atoms with van der Waals surface area (Å²) in [5.74, 6) is 0.500. The summed E-state index contributed by atoms with van der Waals surface area (Å²) in [6, 6.07) is 9.61. The standard InChI is InChI=1S/C11H10ClN/c1-9(7-12)6-10-4-2-3-5-11(10)8-13/h2-6H,7H2,1H3/b9-6-. The third kappa shape index (κ3) is 2.61. The van der Waals surface area contributed by atoms with Gasteiger partial charge in [0.1, 0.15) is 0 Å². The minimum atomic E-state index is 0.500. The number of nitriles is 1. The normalized spacial score (nSPS) is 11.0. The van der Waals surface area contributed by atoms with Gasteiger partial charge in [0.2, 0.25) is 0 Å². The molecule has 0 unspecified atom stereocenters. The van der Waals surface area contributed by atoms with E-state index in [0.717, 1.165) is 11.1 Å². The molecule has 0 bridgehead atoms. The largest absolute Gasteiger partial charge is 0.192 e. The fourth-order valence-corrected chi connectivity index (χ4v) is 1.11. The number of hydrogen-bond acceptors (Lipinski definition) is 1.